The molecule has 0 aliphatic heterocycles. The molecule has 0 atom stereocenters. The summed E-state index contributed by atoms with van der Waals surface area (Å²) < 4.78 is 21.2. The first kappa shape index (κ1) is 13.1. The zero-order chi connectivity index (χ0) is 8.48. The molecule has 60 valence electrons. The van der Waals surface area contributed by atoms with Gasteiger partial charge in [-0.2, -0.15) is 0 Å². The monoisotopic (exact) mass is 229 g/mol. The van der Waals surface area contributed by atoms with Crippen molar-refractivity contribution in [3.63, 3.8) is 0 Å². The van der Waals surface area contributed by atoms with Crippen LogP contribution in [-0.4, -0.2) is 8.42 Å². The SMILES string of the molecule is [K+].[NH-]S(=O)(=O)c1cccc(Cl)c1. The van der Waals surface area contributed by atoms with Gasteiger partial charge in [0.15, 0.2) is 0 Å². The molecule has 0 aliphatic carbocycles. The van der Waals surface area contributed by atoms with E-state index in [1.807, 2.05) is 0 Å². The molecule has 1 N–H and O–H groups in total. The quantitative estimate of drug-likeness (QED) is 0.586. The molecular formula is C6H5ClKNO2S. The number of benzene rings is 1. The molecule has 6 heteroatoms. The minimum absolute atomic E-state index is 0. The predicted molar refractivity (Wildman–Crippen MR) is 43.0 cm³/mol. The number of nitrogens with one attached hydrogen (secondary N) is 1. The van der Waals surface area contributed by atoms with Gasteiger partial charge >= 0.3 is 51.4 Å². The zero-order valence-corrected chi connectivity index (χ0v) is 11.1. The van der Waals surface area contributed by atoms with Crippen LogP contribution in [-0.2, 0) is 10.0 Å². The molecule has 0 radical (unpaired) electrons. The molecule has 1 aromatic rings. The topological polar surface area (TPSA) is 57.9 Å². The van der Waals surface area contributed by atoms with Crippen LogP contribution < -0.4 is 51.4 Å². The Kier molecular flexibility index (Phi) is 5.51. The van der Waals surface area contributed by atoms with E-state index in [9.17, 15) is 8.42 Å². The molecule has 0 bridgehead atoms. The second-order valence-electron chi connectivity index (χ2n) is 1.96. The Hall–Kier alpha value is 1.06. The molecule has 0 spiro atoms. The van der Waals surface area contributed by atoms with Crippen molar-refractivity contribution in [1.29, 1.82) is 0 Å². The van der Waals surface area contributed by atoms with Crippen LogP contribution in [0.15, 0.2) is 29.2 Å². The molecule has 0 heterocycles. The molecule has 3 nitrogen and oxygen atoms in total. The second-order valence-corrected chi connectivity index (χ2v) is 3.88. The number of halogens is 1. The molecule has 0 saturated heterocycles. The van der Waals surface area contributed by atoms with Crippen molar-refractivity contribution in [3.05, 3.63) is 34.4 Å². The van der Waals surface area contributed by atoms with Crippen LogP contribution >= 0.6 is 11.6 Å². The summed E-state index contributed by atoms with van der Waals surface area (Å²) in [6.45, 7) is 0. The Morgan fingerprint density at radius 3 is 2.25 bits per heavy atom. The smallest absolute Gasteiger partial charge is 0.560 e. The molecule has 0 unspecified atom stereocenters. The third-order valence-corrected chi connectivity index (χ3v) is 2.22. The maximum atomic E-state index is 10.6. The third-order valence-electron chi connectivity index (χ3n) is 1.11. The molecule has 1 rings (SSSR count). The summed E-state index contributed by atoms with van der Waals surface area (Å²) in [5.41, 5.74) is 0. The molecule has 0 saturated carbocycles. The Bertz CT molecular complexity index is 366. The van der Waals surface area contributed by atoms with Crippen LogP contribution in [0.4, 0.5) is 0 Å². The fraction of sp³-hybridized carbons (Fsp3) is 0. The van der Waals surface area contributed by atoms with E-state index in [2.05, 4.69) is 0 Å². The largest absolute Gasteiger partial charge is 1.00 e. The average Bonchev–Trinajstić information content (AvgIpc) is 1.86. The third kappa shape index (κ3) is 3.84. The van der Waals surface area contributed by atoms with Crippen LogP contribution in [0.5, 0.6) is 0 Å². The normalized spacial score (nSPS) is 10.5. The van der Waals surface area contributed by atoms with E-state index in [0.29, 0.717) is 5.02 Å². The van der Waals surface area contributed by atoms with Crippen molar-refractivity contribution in [2.24, 2.45) is 0 Å². The van der Waals surface area contributed by atoms with Gasteiger partial charge in [-0.3, -0.25) is 0 Å². The maximum absolute atomic E-state index is 10.6. The fourth-order valence-electron chi connectivity index (χ4n) is 0.634. The summed E-state index contributed by atoms with van der Waals surface area (Å²) in [5.74, 6) is 0. The molecule has 12 heavy (non-hydrogen) atoms. The first-order valence-electron chi connectivity index (χ1n) is 2.75. The Morgan fingerprint density at radius 2 is 1.92 bits per heavy atom. The van der Waals surface area contributed by atoms with Crippen molar-refractivity contribution in [2.75, 3.05) is 0 Å². The second kappa shape index (κ2) is 5.07. The summed E-state index contributed by atoms with van der Waals surface area (Å²) >= 11 is 5.50. The van der Waals surface area contributed by atoms with E-state index in [0.717, 1.165) is 0 Å². The zero-order valence-electron chi connectivity index (χ0n) is 6.41. The standard InChI is InChI=1S/C6H5ClNO2S.K/c7-5-2-1-3-6(4-5)11(8,9)10;/h1-4H,(H-,8,9,10);/q-1;+1. The van der Waals surface area contributed by atoms with E-state index in [1.54, 1.807) is 6.07 Å². The fourth-order valence-corrected chi connectivity index (χ4v) is 1.43. The molecule has 0 aromatic heterocycles. The number of hydrogen-bond donors (Lipinski definition) is 0. The van der Waals surface area contributed by atoms with Gasteiger partial charge in [0.2, 0.25) is 0 Å². The molecular weight excluding hydrogens is 225 g/mol. The van der Waals surface area contributed by atoms with Gasteiger partial charge in [0.1, 0.15) is 0 Å². The van der Waals surface area contributed by atoms with Gasteiger partial charge in [0.05, 0.1) is 10.0 Å². The van der Waals surface area contributed by atoms with E-state index in [1.165, 1.54) is 18.2 Å². The van der Waals surface area contributed by atoms with Crippen molar-refractivity contribution in [2.45, 2.75) is 4.90 Å². The summed E-state index contributed by atoms with van der Waals surface area (Å²) in [7, 11) is -3.86. The summed E-state index contributed by atoms with van der Waals surface area (Å²) in [4.78, 5) is -0.0787. The van der Waals surface area contributed by atoms with Crippen LogP contribution in [0, 0.1) is 0 Å². The van der Waals surface area contributed by atoms with Gasteiger partial charge in [-0.1, -0.05) is 17.7 Å². The van der Waals surface area contributed by atoms with Gasteiger partial charge in [-0.25, -0.2) is 8.42 Å². The van der Waals surface area contributed by atoms with Crippen LogP contribution in [0.1, 0.15) is 0 Å². The Balaban J connectivity index is 0.00000121. The van der Waals surface area contributed by atoms with Gasteiger partial charge in [-0.15, -0.1) is 0 Å². The van der Waals surface area contributed by atoms with E-state index >= 15 is 0 Å². The Morgan fingerprint density at radius 1 is 1.33 bits per heavy atom. The van der Waals surface area contributed by atoms with E-state index < -0.39 is 10.0 Å². The maximum Gasteiger partial charge on any atom is 1.00 e. The number of sulfonamides is 1. The molecule has 0 aliphatic rings. The van der Waals surface area contributed by atoms with Crippen LogP contribution in [0.3, 0.4) is 0 Å². The van der Waals surface area contributed by atoms with E-state index in [4.69, 9.17) is 16.7 Å². The van der Waals surface area contributed by atoms with Gasteiger partial charge in [-0.05, 0) is 18.2 Å². The minimum Gasteiger partial charge on any atom is -0.560 e. The summed E-state index contributed by atoms with van der Waals surface area (Å²) in [5, 5.41) is 7.00. The first-order chi connectivity index (χ1) is 5.00. The van der Waals surface area contributed by atoms with E-state index in [-0.39, 0.29) is 56.3 Å². The van der Waals surface area contributed by atoms with Crippen molar-refractivity contribution in [3.8, 4) is 0 Å². The van der Waals surface area contributed by atoms with Gasteiger partial charge < -0.3 is 5.14 Å². The molecule has 0 amide bonds. The number of rotatable bonds is 1. The number of hydrogen-bond acceptors (Lipinski definition) is 2. The average molecular weight is 230 g/mol. The predicted octanol–water partition coefficient (Wildman–Crippen LogP) is -0.915. The molecule has 1 aromatic carbocycles. The minimum atomic E-state index is -3.86. The van der Waals surface area contributed by atoms with Crippen molar-refractivity contribution >= 4 is 21.6 Å². The molecule has 0 fully saturated rings. The van der Waals surface area contributed by atoms with Crippen molar-refractivity contribution < 1.29 is 59.8 Å². The van der Waals surface area contributed by atoms with Crippen LogP contribution in [0.2, 0.25) is 5.02 Å². The summed E-state index contributed by atoms with van der Waals surface area (Å²) in [6.07, 6.45) is 0. The Labute approximate surface area is 119 Å². The van der Waals surface area contributed by atoms with Gasteiger partial charge in [0, 0.05) is 9.92 Å². The van der Waals surface area contributed by atoms with Gasteiger partial charge in [0.25, 0.3) is 0 Å². The summed E-state index contributed by atoms with van der Waals surface area (Å²) in [6, 6.07) is 5.61. The van der Waals surface area contributed by atoms with Crippen LogP contribution in [0.25, 0.3) is 5.14 Å². The first-order valence-corrected chi connectivity index (χ1v) is 4.61. The van der Waals surface area contributed by atoms with Crippen molar-refractivity contribution in [1.82, 2.24) is 0 Å².